The first-order chi connectivity index (χ1) is 5.80. The number of hydrogen-bond donors (Lipinski definition) is 0. The number of halogens is 8. The Bertz CT molecular complexity index is 299. The maximum absolute atomic E-state index is 12.1. The first-order valence-electron chi connectivity index (χ1n) is 2.82. The zero-order chi connectivity index (χ0) is 10.4. The van der Waals surface area contributed by atoms with Crippen LogP contribution in [-0.4, -0.2) is 5.92 Å². The molecule has 1 aliphatic carbocycles. The molecule has 0 atom stereocenters. The lowest BCUT2D eigenvalue weighted by atomic mass is 9.93. The Morgan fingerprint density at radius 1 is 1.14 bits per heavy atom. The van der Waals surface area contributed by atoms with E-state index in [-0.39, 0.29) is 4.70 Å². The maximum atomic E-state index is 12.1. The number of alkyl halides is 2. The summed E-state index contributed by atoms with van der Waals surface area (Å²) in [6.07, 6.45) is -3.11. The first-order valence-corrected chi connectivity index (χ1v) is 2.82. The van der Waals surface area contributed by atoms with Crippen LogP contribution in [-0.2, 0) is 0 Å². The second-order valence-corrected chi connectivity index (χ2v) is 2.15. The number of rotatable bonds is 1. The molecule has 0 amide bonds. The Hall–Kier alpha value is -1.21. The van der Waals surface area contributed by atoms with E-state index in [2.05, 4.69) is 0 Å². The highest BCUT2D eigenvalue weighted by Crippen LogP contribution is 2.52. The van der Waals surface area contributed by atoms with Crippen LogP contribution < -0.4 is 4.70 Å². The van der Waals surface area contributed by atoms with Gasteiger partial charge in [-0.2, -0.15) is 22.0 Å². The summed E-state index contributed by atoms with van der Waals surface area (Å²) in [6.45, 7) is 0. The number of hydrogen-bond acceptors (Lipinski definition) is 0. The van der Waals surface area contributed by atoms with Crippen molar-refractivity contribution < 1.29 is 35.4 Å². The van der Waals surface area contributed by atoms with Crippen molar-refractivity contribution in [1.29, 1.82) is 0 Å². The fourth-order valence-corrected chi connectivity index (χ4v) is 0.761. The molecule has 80 valence electrons. The van der Waals surface area contributed by atoms with Gasteiger partial charge in [-0.1, -0.05) is 0 Å². The van der Waals surface area contributed by atoms with Crippen LogP contribution in [0.3, 0.4) is 0 Å². The average Bonchev–Trinajstić information content (AvgIpc) is 2.03. The fraction of sp³-hybridized carbons (Fsp3) is 0.167. The van der Waals surface area contributed by atoms with E-state index < -0.39 is 35.4 Å². The highest BCUT2D eigenvalue weighted by Gasteiger charge is 2.65. The molecule has 0 aliphatic heterocycles. The van der Waals surface area contributed by atoms with Gasteiger partial charge < -0.3 is 4.70 Å². The molecule has 1 rings (SSSR count). The summed E-state index contributed by atoms with van der Waals surface area (Å²) in [5.41, 5.74) is -2.23. The standard InChI is InChI=1S/C6F7.FH/c7-2-1(3(8)5(10)11)6(12,13)4(2)9;/h;1H/q+1;/p-1/b3-1+;. The molecule has 1 aliphatic rings. The highest BCUT2D eigenvalue weighted by molar-refractivity contribution is 5.53. The van der Waals surface area contributed by atoms with Crippen molar-refractivity contribution in [2.24, 2.45) is 0 Å². The summed E-state index contributed by atoms with van der Waals surface area (Å²) in [5, 5.41) is 0. The lowest BCUT2D eigenvalue weighted by Gasteiger charge is -2.18. The van der Waals surface area contributed by atoms with Crippen molar-refractivity contribution in [3.8, 4) is 0 Å². The van der Waals surface area contributed by atoms with E-state index in [0.717, 1.165) is 0 Å². The minimum absolute atomic E-state index is 0. The third-order valence-electron chi connectivity index (χ3n) is 1.39. The normalized spacial score (nSPS) is 22.5. The van der Waals surface area contributed by atoms with Gasteiger partial charge in [0.25, 0.3) is 11.7 Å². The molecule has 0 saturated heterocycles. The van der Waals surface area contributed by atoms with Gasteiger partial charge in [-0.05, 0) is 8.78 Å². The summed E-state index contributed by atoms with van der Waals surface area (Å²) in [4.78, 5) is 0. The summed E-state index contributed by atoms with van der Waals surface area (Å²) < 4.78 is 83.0. The van der Waals surface area contributed by atoms with Gasteiger partial charge in [0.1, 0.15) is 0 Å². The molecule has 14 heavy (non-hydrogen) atoms. The number of allylic oxidation sites excluding steroid dienone is 4. The Kier molecular flexibility index (Phi) is 3.20. The molecule has 0 N–H and O–H groups in total. The molecule has 0 aromatic carbocycles. The quantitative estimate of drug-likeness (QED) is 0.448. The average molecular weight is 224 g/mol. The van der Waals surface area contributed by atoms with Gasteiger partial charge in [0, 0.05) is 0 Å². The van der Waals surface area contributed by atoms with Crippen molar-refractivity contribution in [3.05, 3.63) is 29.5 Å². The van der Waals surface area contributed by atoms with E-state index in [1.807, 2.05) is 0 Å². The van der Waals surface area contributed by atoms with Crippen LogP contribution >= 0.6 is 0 Å². The van der Waals surface area contributed by atoms with Crippen molar-refractivity contribution in [3.63, 3.8) is 0 Å². The van der Waals surface area contributed by atoms with E-state index in [1.165, 1.54) is 0 Å². The Labute approximate surface area is 72.1 Å². The molecule has 0 heterocycles. The van der Waals surface area contributed by atoms with Gasteiger partial charge in [-0.3, -0.25) is 0 Å². The van der Waals surface area contributed by atoms with Crippen LogP contribution in [0.4, 0.5) is 30.7 Å². The largest absolute Gasteiger partial charge is 1.00 e. The van der Waals surface area contributed by atoms with Gasteiger partial charge in [0.05, 0.1) is 0 Å². The van der Waals surface area contributed by atoms with Crippen molar-refractivity contribution in [2.75, 3.05) is 0 Å². The first kappa shape index (κ1) is 12.8. The monoisotopic (exact) mass is 224 g/mol. The molecule has 8 heteroatoms. The van der Waals surface area contributed by atoms with Crippen LogP contribution in [0.5, 0.6) is 0 Å². The predicted octanol–water partition coefficient (Wildman–Crippen LogP) is 0.442. The molecule has 0 radical (unpaired) electrons. The van der Waals surface area contributed by atoms with Crippen molar-refractivity contribution >= 4 is 0 Å². The van der Waals surface area contributed by atoms with Crippen LogP contribution in [0, 0.1) is 6.43 Å². The zero-order valence-corrected chi connectivity index (χ0v) is 6.02. The van der Waals surface area contributed by atoms with Crippen molar-refractivity contribution in [2.45, 2.75) is 5.92 Å². The van der Waals surface area contributed by atoms with Gasteiger partial charge >= 0.3 is 18.2 Å². The molecule has 0 nitrogen and oxygen atoms in total. The summed E-state index contributed by atoms with van der Waals surface area (Å²) in [7, 11) is 0. The van der Waals surface area contributed by atoms with Crippen LogP contribution in [0.15, 0.2) is 23.1 Å². The van der Waals surface area contributed by atoms with E-state index in [1.54, 1.807) is 0 Å². The van der Waals surface area contributed by atoms with E-state index in [0.29, 0.717) is 0 Å². The predicted molar refractivity (Wildman–Crippen MR) is 27.8 cm³/mol. The van der Waals surface area contributed by atoms with E-state index in [4.69, 9.17) is 0 Å². The van der Waals surface area contributed by atoms with Gasteiger partial charge in [-0.15, -0.1) is 0 Å². The lowest BCUT2D eigenvalue weighted by Crippen LogP contribution is -3.00. The summed E-state index contributed by atoms with van der Waals surface area (Å²) >= 11 is 0. The second-order valence-electron chi connectivity index (χ2n) is 2.15. The third-order valence-corrected chi connectivity index (χ3v) is 1.39. The second kappa shape index (κ2) is 3.50. The molecular formula is C6F8. The van der Waals surface area contributed by atoms with Crippen LogP contribution in [0.25, 0.3) is 0 Å². The zero-order valence-electron chi connectivity index (χ0n) is 6.02. The van der Waals surface area contributed by atoms with Gasteiger partial charge in [0.15, 0.2) is 0 Å². The molecule has 0 aromatic rings. The molecule has 0 unspecified atom stereocenters. The topological polar surface area (TPSA) is 0 Å². The smallest absolute Gasteiger partial charge is 0.457 e. The Morgan fingerprint density at radius 2 is 1.57 bits per heavy atom. The van der Waals surface area contributed by atoms with Gasteiger partial charge in [-0.25, -0.2) is 0 Å². The van der Waals surface area contributed by atoms with Crippen molar-refractivity contribution in [1.82, 2.24) is 0 Å². The molecular weight excluding hydrogens is 224 g/mol. The fourth-order valence-electron chi connectivity index (χ4n) is 0.761. The van der Waals surface area contributed by atoms with E-state index in [9.17, 15) is 30.7 Å². The minimum Gasteiger partial charge on any atom is -1.00 e. The van der Waals surface area contributed by atoms with Crippen LogP contribution in [0.1, 0.15) is 0 Å². The molecule has 0 fully saturated rings. The molecule has 0 saturated carbocycles. The van der Waals surface area contributed by atoms with Gasteiger partial charge in [0.2, 0.25) is 5.57 Å². The lowest BCUT2D eigenvalue weighted by molar-refractivity contribution is -0.0000223. The molecule has 0 aromatic heterocycles. The third kappa shape index (κ3) is 1.44. The summed E-state index contributed by atoms with van der Waals surface area (Å²) in [6, 6.07) is 0. The maximum Gasteiger partial charge on any atom is 0.457 e. The van der Waals surface area contributed by atoms with E-state index >= 15 is 0 Å². The molecule has 0 bridgehead atoms. The highest BCUT2D eigenvalue weighted by atomic mass is 19.3. The van der Waals surface area contributed by atoms with Crippen LogP contribution in [0.2, 0.25) is 0 Å². The minimum atomic E-state index is -4.59. The Morgan fingerprint density at radius 3 is 1.86 bits per heavy atom. The SMILES string of the molecule is FC1=C(F)C(F)(F)/C1=C(/F)[C+](F)F.[F-]. The summed E-state index contributed by atoms with van der Waals surface area (Å²) in [5.74, 6) is -12.1. The molecule has 0 spiro atoms. The Balaban J connectivity index is 0.00000169.